The first-order valence-corrected chi connectivity index (χ1v) is 8.73. The molecular formula is C20H21FN2O4. The lowest BCUT2D eigenvalue weighted by molar-refractivity contribution is -0.140. The molecule has 0 radical (unpaired) electrons. The van der Waals surface area contributed by atoms with Crippen LogP contribution in [0.15, 0.2) is 47.1 Å². The first-order chi connectivity index (χ1) is 12.9. The van der Waals surface area contributed by atoms with Gasteiger partial charge < -0.3 is 14.2 Å². The first-order valence-electron chi connectivity index (χ1n) is 8.73. The topological polar surface area (TPSA) is 70.8 Å². The molecular weight excluding hydrogens is 351 g/mol. The van der Waals surface area contributed by atoms with Crippen molar-refractivity contribution in [1.82, 2.24) is 9.80 Å². The van der Waals surface area contributed by atoms with Gasteiger partial charge in [-0.25, -0.2) is 4.39 Å². The molecule has 1 amide bonds. The summed E-state index contributed by atoms with van der Waals surface area (Å²) in [5, 5.41) is 0. The molecule has 7 heteroatoms. The molecule has 1 unspecified atom stereocenters. The van der Waals surface area contributed by atoms with Crippen LogP contribution in [0.3, 0.4) is 0 Å². The zero-order chi connectivity index (χ0) is 19.6. The average molecular weight is 372 g/mol. The lowest BCUT2D eigenvalue weighted by Crippen LogP contribution is -2.33. The van der Waals surface area contributed by atoms with Gasteiger partial charge in [0, 0.05) is 6.54 Å². The summed E-state index contributed by atoms with van der Waals surface area (Å²) in [4.78, 5) is 41.5. The van der Waals surface area contributed by atoms with Crippen molar-refractivity contribution in [2.45, 2.75) is 12.5 Å². The minimum absolute atomic E-state index is 0.0309. The van der Waals surface area contributed by atoms with E-state index in [1.807, 2.05) is 19.0 Å². The van der Waals surface area contributed by atoms with Gasteiger partial charge in [-0.15, -0.1) is 0 Å². The molecule has 1 aliphatic rings. The molecule has 0 bridgehead atoms. The zero-order valence-electron chi connectivity index (χ0n) is 15.2. The minimum atomic E-state index is -1.20. The fraction of sp³-hybridized carbons (Fsp3) is 0.350. The molecule has 1 aromatic heterocycles. The molecule has 142 valence electrons. The van der Waals surface area contributed by atoms with Crippen molar-refractivity contribution >= 4 is 17.5 Å². The third-order valence-corrected chi connectivity index (χ3v) is 4.67. The van der Waals surface area contributed by atoms with Gasteiger partial charge in [0.15, 0.2) is 5.76 Å². The van der Waals surface area contributed by atoms with Crippen LogP contribution in [-0.2, 0) is 9.59 Å². The van der Waals surface area contributed by atoms with Gasteiger partial charge in [0.05, 0.1) is 12.3 Å². The van der Waals surface area contributed by atoms with Gasteiger partial charge in [0.2, 0.25) is 11.6 Å². The van der Waals surface area contributed by atoms with E-state index in [0.717, 1.165) is 6.54 Å². The molecule has 2 atom stereocenters. The molecule has 2 aromatic rings. The van der Waals surface area contributed by atoms with E-state index in [0.29, 0.717) is 18.5 Å². The average Bonchev–Trinajstić information content (AvgIpc) is 3.25. The number of rotatable bonds is 7. The van der Waals surface area contributed by atoms with Crippen molar-refractivity contribution in [1.29, 1.82) is 0 Å². The number of nitrogens with zero attached hydrogens (tertiary/aromatic N) is 2. The SMILES string of the molecule is CN(C)CCCN1C(=O)C(=O)C(C(=O)c2ccco2)[C@H]1c1ccc(F)cc1. The normalized spacial score (nSPS) is 19.9. The van der Waals surface area contributed by atoms with Crippen LogP contribution in [0.1, 0.15) is 28.6 Å². The van der Waals surface area contributed by atoms with E-state index in [2.05, 4.69) is 0 Å². The van der Waals surface area contributed by atoms with Crippen molar-refractivity contribution in [3.63, 3.8) is 0 Å². The highest BCUT2D eigenvalue weighted by Gasteiger charge is 2.52. The summed E-state index contributed by atoms with van der Waals surface area (Å²) in [6.45, 7) is 1.05. The highest BCUT2D eigenvalue weighted by Crippen LogP contribution is 2.38. The highest BCUT2D eigenvalue weighted by molar-refractivity contribution is 6.43. The van der Waals surface area contributed by atoms with Crippen LogP contribution in [0, 0.1) is 11.7 Å². The summed E-state index contributed by atoms with van der Waals surface area (Å²) in [5.74, 6) is -3.58. The van der Waals surface area contributed by atoms with E-state index < -0.39 is 35.3 Å². The van der Waals surface area contributed by atoms with Gasteiger partial charge in [-0.05, 0) is 56.9 Å². The van der Waals surface area contributed by atoms with Gasteiger partial charge in [-0.1, -0.05) is 12.1 Å². The maximum absolute atomic E-state index is 13.4. The number of carbonyl (C=O) groups is 3. The molecule has 0 spiro atoms. The van der Waals surface area contributed by atoms with Crippen LogP contribution in [0.5, 0.6) is 0 Å². The molecule has 1 saturated heterocycles. The van der Waals surface area contributed by atoms with Crippen molar-refractivity contribution in [2.24, 2.45) is 5.92 Å². The highest BCUT2D eigenvalue weighted by atomic mass is 19.1. The lowest BCUT2D eigenvalue weighted by Gasteiger charge is -2.27. The number of carbonyl (C=O) groups excluding carboxylic acids is 3. The second-order valence-corrected chi connectivity index (χ2v) is 6.84. The van der Waals surface area contributed by atoms with E-state index >= 15 is 0 Å². The standard InChI is InChI=1S/C20H21FN2O4/c1-22(2)10-4-11-23-17(13-6-8-14(21)9-7-13)16(19(25)20(23)26)18(24)15-5-3-12-27-15/h3,5-9,12,16-17H,4,10-11H2,1-2H3/t16?,17-/m1/s1. The Morgan fingerprint density at radius 1 is 1.19 bits per heavy atom. The van der Waals surface area contributed by atoms with Gasteiger partial charge in [0.25, 0.3) is 5.91 Å². The third-order valence-electron chi connectivity index (χ3n) is 4.67. The largest absolute Gasteiger partial charge is 0.461 e. The van der Waals surface area contributed by atoms with E-state index in [9.17, 15) is 18.8 Å². The van der Waals surface area contributed by atoms with Crippen LogP contribution in [0.25, 0.3) is 0 Å². The Morgan fingerprint density at radius 3 is 2.48 bits per heavy atom. The summed E-state index contributed by atoms with van der Waals surface area (Å²) >= 11 is 0. The van der Waals surface area contributed by atoms with Crippen LogP contribution < -0.4 is 0 Å². The molecule has 1 aromatic carbocycles. The first kappa shape index (κ1) is 19.0. The maximum atomic E-state index is 13.4. The minimum Gasteiger partial charge on any atom is -0.461 e. The monoisotopic (exact) mass is 372 g/mol. The fourth-order valence-electron chi connectivity index (χ4n) is 3.39. The number of likely N-dealkylation sites (tertiary alicyclic amines) is 1. The maximum Gasteiger partial charge on any atom is 0.291 e. The number of hydrogen-bond acceptors (Lipinski definition) is 5. The number of halogens is 1. The second kappa shape index (κ2) is 7.84. The van der Waals surface area contributed by atoms with Crippen molar-refractivity contribution in [2.75, 3.05) is 27.2 Å². The number of benzene rings is 1. The fourth-order valence-corrected chi connectivity index (χ4v) is 3.39. The number of Topliss-reactive ketones (excluding diaryl/α,β-unsaturated/α-hetero) is 2. The second-order valence-electron chi connectivity index (χ2n) is 6.84. The molecule has 0 saturated carbocycles. The van der Waals surface area contributed by atoms with E-state index in [1.54, 1.807) is 6.07 Å². The predicted molar refractivity (Wildman–Crippen MR) is 95.6 cm³/mol. The molecule has 0 N–H and O–H groups in total. The molecule has 0 aliphatic carbocycles. The van der Waals surface area contributed by atoms with Crippen LogP contribution >= 0.6 is 0 Å². The molecule has 2 heterocycles. The van der Waals surface area contributed by atoms with E-state index in [4.69, 9.17) is 4.42 Å². The Morgan fingerprint density at radius 2 is 1.89 bits per heavy atom. The van der Waals surface area contributed by atoms with Crippen LogP contribution in [0.2, 0.25) is 0 Å². The van der Waals surface area contributed by atoms with Crippen LogP contribution in [0.4, 0.5) is 4.39 Å². The van der Waals surface area contributed by atoms with E-state index in [-0.39, 0.29) is 5.76 Å². The molecule has 3 rings (SSSR count). The van der Waals surface area contributed by atoms with Gasteiger partial charge in [0.1, 0.15) is 11.7 Å². The molecule has 1 fully saturated rings. The Kier molecular flexibility index (Phi) is 5.51. The number of furan rings is 1. The number of hydrogen-bond donors (Lipinski definition) is 0. The Hall–Kier alpha value is -2.80. The summed E-state index contributed by atoms with van der Waals surface area (Å²) < 4.78 is 18.5. The summed E-state index contributed by atoms with van der Waals surface area (Å²) in [7, 11) is 3.83. The molecule has 27 heavy (non-hydrogen) atoms. The molecule has 6 nitrogen and oxygen atoms in total. The Bertz CT molecular complexity index is 830. The summed E-state index contributed by atoms with van der Waals surface area (Å²) in [5.41, 5.74) is 0.547. The smallest absolute Gasteiger partial charge is 0.291 e. The van der Waals surface area contributed by atoms with Gasteiger partial charge in [-0.3, -0.25) is 14.4 Å². The molecule has 1 aliphatic heterocycles. The Balaban J connectivity index is 1.96. The predicted octanol–water partition coefficient (Wildman–Crippen LogP) is 2.32. The third kappa shape index (κ3) is 3.83. The lowest BCUT2D eigenvalue weighted by atomic mass is 9.88. The Labute approximate surface area is 156 Å². The van der Waals surface area contributed by atoms with Gasteiger partial charge in [-0.2, -0.15) is 0 Å². The zero-order valence-corrected chi connectivity index (χ0v) is 15.2. The summed E-state index contributed by atoms with van der Waals surface area (Å²) in [6, 6.07) is 7.78. The summed E-state index contributed by atoms with van der Waals surface area (Å²) in [6.07, 6.45) is 1.99. The van der Waals surface area contributed by atoms with Crippen molar-refractivity contribution < 1.29 is 23.2 Å². The van der Waals surface area contributed by atoms with Crippen LogP contribution in [-0.4, -0.2) is 54.5 Å². The van der Waals surface area contributed by atoms with Crippen molar-refractivity contribution in [3.8, 4) is 0 Å². The number of ketones is 2. The van der Waals surface area contributed by atoms with Gasteiger partial charge >= 0.3 is 0 Å². The quantitative estimate of drug-likeness (QED) is 0.424. The van der Waals surface area contributed by atoms with E-state index in [1.165, 1.54) is 41.5 Å². The van der Waals surface area contributed by atoms with Crippen molar-refractivity contribution in [3.05, 3.63) is 59.8 Å². The number of amides is 1.